The summed E-state index contributed by atoms with van der Waals surface area (Å²) in [6.45, 7) is 1.11. The third-order valence-electron chi connectivity index (χ3n) is 3.69. The van der Waals surface area contributed by atoms with Crippen LogP contribution in [0, 0.1) is 22.8 Å². The molecular formula is C14H23N7O. The standard InChI is InChI=1S/C14H23N7O/c1-20(10-16)14(18)19-7-3-2-6-12(17)13(22)21-8-4-5-11(21)9-15/h11-12H,2-8,17H2,1H3,(H2,18,19)/t11-,12-/m0/s1. The quantitative estimate of drug-likeness (QED) is 0.228. The van der Waals surface area contributed by atoms with Gasteiger partial charge in [-0.05, 0) is 32.1 Å². The van der Waals surface area contributed by atoms with Crippen LogP contribution in [0.1, 0.15) is 32.1 Å². The van der Waals surface area contributed by atoms with E-state index in [1.54, 1.807) is 4.90 Å². The lowest BCUT2D eigenvalue weighted by Crippen LogP contribution is -2.45. The third kappa shape index (κ3) is 4.90. The van der Waals surface area contributed by atoms with Crippen molar-refractivity contribution in [2.75, 3.05) is 20.1 Å². The van der Waals surface area contributed by atoms with Gasteiger partial charge in [0.25, 0.3) is 0 Å². The number of guanidine groups is 1. The van der Waals surface area contributed by atoms with Gasteiger partial charge < -0.3 is 16.4 Å². The molecule has 0 bridgehead atoms. The van der Waals surface area contributed by atoms with Gasteiger partial charge in [-0.2, -0.15) is 10.5 Å². The Kier molecular flexibility index (Phi) is 7.14. The fourth-order valence-electron chi connectivity index (χ4n) is 2.33. The fraction of sp³-hybridized carbons (Fsp3) is 0.714. The summed E-state index contributed by atoms with van der Waals surface area (Å²) in [6, 6.07) is 1.24. The van der Waals surface area contributed by atoms with E-state index in [0.29, 0.717) is 19.5 Å². The molecule has 1 aliphatic heterocycles. The first-order valence-corrected chi connectivity index (χ1v) is 7.40. The molecule has 2 atom stereocenters. The zero-order valence-electron chi connectivity index (χ0n) is 12.9. The molecule has 22 heavy (non-hydrogen) atoms. The molecule has 8 nitrogen and oxygen atoms in total. The summed E-state index contributed by atoms with van der Waals surface area (Å²) in [7, 11) is 1.54. The Labute approximate surface area is 131 Å². The number of rotatable bonds is 6. The first kappa shape index (κ1) is 17.7. The number of nitriles is 2. The van der Waals surface area contributed by atoms with Gasteiger partial charge in [0, 0.05) is 20.1 Å². The van der Waals surface area contributed by atoms with E-state index in [1.165, 1.54) is 11.9 Å². The number of nitrogens with zero attached hydrogens (tertiary/aromatic N) is 5. The van der Waals surface area contributed by atoms with Crippen molar-refractivity contribution in [3.63, 3.8) is 0 Å². The molecule has 1 saturated heterocycles. The minimum atomic E-state index is -0.572. The summed E-state index contributed by atoms with van der Waals surface area (Å²) < 4.78 is 0. The van der Waals surface area contributed by atoms with Crippen LogP contribution >= 0.6 is 0 Å². The Morgan fingerprint density at radius 3 is 2.86 bits per heavy atom. The average molecular weight is 305 g/mol. The van der Waals surface area contributed by atoms with E-state index in [-0.39, 0.29) is 17.9 Å². The van der Waals surface area contributed by atoms with E-state index >= 15 is 0 Å². The van der Waals surface area contributed by atoms with E-state index in [2.05, 4.69) is 11.1 Å². The zero-order chi connectivity index (χ0) is 16.5. The van der Waals surface area contributed by atoms with Crippen molar-refractivity contribution >= 4 is 11.9 Å². The maximum Gasteiger partial charge on any atom is 0.240 e. The largest absolute Gasteiger partial charge is 0.369 e. The van der Waals surface area contributed by atoms with Crippen molar-refractivity contribution in [3.8, 4) is 12.3 Å². The topological polar surface area (TPSA) is 136 Å². The lowest BCUT2D eigenvalue weighted by atomic mass is 10.1. The second kappa shape index (κ2) is 8.85. The maximum atomic E-state index is 12.2. The average Bonchev–Trinajstić information content (AvgIpc) is 3.00. The molecule has 1 amide bonds. The Morgan fingerprint density at radius 1 is 1.50 bits per heavy atom. The van der Waals surface area contributed by atoms with Gasteiger partial charge in [-0.3, -0.25) is 14.7 Å². The second-order valence-corrected chi connectivity index (χ2v) is 5.32. The summed E-state index contributed by atoms with van der Waals surface area (Å²) in [4.78, 5) is 19.0. The van der Waals surface area contributed by atoms with E-state index < -0.39 is 6.04 Å². The van der Waals surface area contributed by atoms with Gasteiger partial charge in [0.15, 0.2) is 6.19 Å². The monoisotopic (exact) mass is 305 g/mol. The molecule has 1 aliphatic rings. The molecule has 1 rings (SSSR count). The van der Waals surface area contributed by atoms with Gasteiger partial charge >= 0.3 is 0 Å². The van der Waals surface area contributed by atoms with Gasteiger partial charge in [0.2, 0.25) is 11.9 Å². The van der Waals surface area contributed by atoms with Crippen molar-refractivity contribution in [2.24, 2.45) is 16.5 Å². The molecule has 0 radical (unpaired) electrons. The Bertz CT molecular complexity index is 490. The second-order valence-electron chi connectivity index (χ2n) is 5.32. The summed E-state index contributed by atoms with van der Waals surface area (Å²) in [5.41, 5.74) is 11.5. The lowest BCUT2D eigenvalue weighted by Gasteiger charge is -2.23. The summed E-state index contributed by atoms with van der Waals surface area (Å²) in [6.07, 6.45) is 5.48. The molecule has 1 heterocycles. The molecule has 0 saturated carbocycles. The van der Waals surface area contributed by atoms with Crippen LogP contribution in [0.3, 0.4) is 0 Å². The SMILES string of the molecule is CN(C#N)C(N)=NCCCC[C@H](N)C(=O)N1CCC[C@H]1C#N. The lowest BCUT2D eigenvalue weighted by molar-refractivity contribution is -0.132. The van der Waals surface area contributed by atoms with Crippen molar-refractivity contribution in [3.05, 3.63) is 0 Å². The number of hydrogen-bond acceptors (Lipinski definition) is 5. The Hall–Kier alpha value is -2.32. The van der Waals surface area contributed by atoms with Gasteiger partial charge in [0.1, 0.15) is 6.04 Å². The number of aliphatic imine (C=N–C) groups is 1. The number of amides is 1. The van der Waals surface area contributed by atoms with Gasteiger partial charge in [0.05, 0.1) is 12.1 Å². The van der Waals surface area contributed by atoms with Crippen molar-refractivity contribution in [1.82, 2.24) is 9.80 Å². The van der Waals surface area contributed by atoms with Gasteiger partial charge in [-0.1, -0.05) is 0 Å². The molecule has 120 valence electrons. The van der Waals surface area contributed by atoms with E-state index in [9.17, 15) is 4.79 Å². The number of nitrogens with two attached hydrogens (primary N) is 2. The number of carbonyl (C=O) groups is 1. The van der Waals surface area contributed by atoms with E-state index in [0.717, 1.165) is 25.7 Å². The van der Waals surface area contributed by atoms with Crippen LogP contribution in [0.2, 0.25) is 0 Å². The normalized spacial score (nSPS) is 19.4. The number of hydrogen-bond donors (Lipinski definition) is 2. The molecule has 0 spiro atoms. The Balaban J connectivity index is 2.29. The summed E-state index contributed by atoms with van der Waals surface area (Å²) in [5.74, 6) is 0.0353. The molecule has 0 aromatic carbocycles. The highest BCUT2D eigenvalue weighted by atomic mass is 16.2. The molecular weight excluding hydrogens is 282 g/mol. The molecule has 0 unspecified atom stereocenters. The highest BCUT2D eigenvalue weighted by Crippen LogP contribution is 2.18. The van der Waals surface area contributed by atoms with E-state index in [1.807, 2.05) is 6.19 Å². The molecule has 0 aromatic rings. The van der Waals surface area contributed by atoms with Crippen LogP contribution in [0.4, 0.5) is 0 Å². The predicted octanol–water partition coefficient (Wildman–Crippen LogP) is -0.274. The van der Waals surface area contributed by atoms with Crippen LogP contribution in [-0.2, 0) is 4.79 Å². The van der Waals surface area contributed by atoms with Crippen LogP contribution in [0.15, 0.2) is 4.99 Å². The smallest absolute Gasteiger partial charge is 0.240 e. The minimum absolute atomic E-state index is 0.142. The van der Waals surface area contributed by atoms with Crippen molar-refractivity contribution < 1.29 is 4.79 Å². The molecule has 8 heteroatoms. The summed E-state index contributed by atoms with van der Waals surface area (Å²) >= 11 is 0. The molecule has 4 N–H and O–H groups in total. The highest BCUT2D eigenvalue weighted by molar-refractivity contribution is 5.82. The van der Waals surface area contributed by atoms with Crippen LogP contribution in [0.25, 0.3) is 0 Å². The minimum Gasteiger partial charge on any atom is -0.369 e. The summed E-state index contributed by atoms with van der Waals surface area (Å²) in [5, 5.41) is 17.6. The molecule has 0 aromatic heterocycles. The third-order valence-corrected chi connectivity index (χ3v) is 3.69. The van der Waals surface area contributed by atoms with Crippen LogP contribution < -0.4 is 11.5 Å². The molecule has 0 aliphatic carbocycles. The van der Waals surface area contributed by atoms with Crippen molar-refractivity contribution in [2.45, 2.75) is 44.2 Å². The number of carbonyl (C=O) groups excluding carboxylic acids is 1. The van der Waals surface area contributed by atoms with Gasteiger partial charge in [-0.25, -0.2) is 0 Å². The number of likely N-dealkylation sites (tertiary alicyclic amines) is 1. The van der Waals surface area contributed by atoms with Crippen LogP contribution in [-0.4, -0.2) is 53.9 Å². The van der Waals surface area contributed by atoms with E-state index in [4.69, 9.17) is 22.0 Å². The predicted molar refractivity (Wildman–Crippen MR) is 82.0 cm³/mol. The number of unbranched alkanes of at least 4 members (excludes halogenated alkanes) is 1. The van der Waals surface area contributed by atoms with Crippen molar-refractivity contribution in [1.29, 1.82) is 10.5 Å². The maximum absolute atomic E-state index is 12.2. The van der Waals surface area contributed by atoms with Gasteiger partial charge in [-0.15, -0.1) is 0 Å². The highest BCUT2D eigenvalue weighted by Gasteiger charge is 2.31. The fourth-order valence-corrected chi connectivity index (χ4v) is 2.33. The Morgan fingerprint density at radius 2 is 2.23 bits per heavy atom. The zero-order valence-corrected chi connectivity index (χ0v) is 12.9. The molecule has 1 fully saturated rings. The van der Waals surface area contributed by atoms with Crippen LogP contribution in [0.5, 0.6) is 0 Å². The first-order chi connectivity index (χ1) is 10.5. The first-order valence-electron chi connectivity index (χ1n) is 7.40.